The lowest BCUT2D eigenvalue weighted by atomic mass is 10.1. The Labute approximate surface area is 110 Å². The average molecular weight is 254 g/mol. The van der Waals surface area contributed by atoms with Gasteiger partial charge in [0.05, 0.1) is 24.2 Å². The molecule has 0 aliphatic carbocycles. The Morgan fingerprint density at radius 3 is 2.95 bits per heavy atom. The van der Waals surface area contributed by atoms with Crippen LogP contribution in [-0.4, -0.2) is 22.5 Å². The lowest BCUT2D eigenvalue weighted by molar-refractivity contribution is -0.142. The summed E-state index contributed by atoms with van der Waals surface area (Å²) in [5, 5.41) is 2.23. The Balaban J connectivity index is 2.12. The van der Waals surface area contributed by atoms with Gasteiger partial charge in [0.2, 0.25) is 0 Å². The summed E-state index contributed by atoms with van der Waals surface area (Å²) in [6, 6.07) is 10.0. The third-order valence-corrected chi connectivity index (χ3v) is 3.12. The fourth-order valence-electron chi connectivity index (χ4n) is 2.31. The highest BCUT2D eigenvalue weighted by Crippen LogP contribution is 2.26. The van der Waals surface area contributed by atoms with Crippen molar-refractivity contribution in [2.45, 2.75) is 13.3 Å². The Morgan fingerprint density at radius 2 is 2.11 bits per heavy atom. The molecule has 0 fully saturated rings. The van der Waals surface area contributed by atoms with Crippen molar-refractivity contribution >= 4 is 27.8 Å². The maximum absolute atomic E-state index is 11.6. The van der Waals surface area contributed by atoms with Crippen LogP contribution in [0.2, 0.25) is 0 Å². The number of carbonyl (C=O) groups excluding carboxylic acids is 1. The highest BCUT2D eigenvalue weighted by molar-refractivity contribution is 6.08. The van der Waals surface area contributed by atoms with Crippen LogP contribution in [0.4, 0.5) is 0 Å². The molecule has 0 unspecified atom stereocenters. The largest absolute Gasteiger partial charge is 0.466 e. The normalized spacial score (nSPS) is 11.0. The zero-order chi connectivity index (χ0) is 13.2. The van der Waals surface area contributed by atoms with Crippen molar-refractivity contribution < 1.29 is 9.53 Å². The van der Waals surface area contributed by atoms with Crippen molar-refractivity contribution in [3.63, 3.8) is 0 Å². The monoisotopic (exact) mass is 254 g/mol. The standard InChI is InChI=1S/C15H14N2O2/c1-2-19-14(18)9-13-15-11(7-8-16-13)10-5-3-4-6-12(10)17-15/h3-8,17H,2,9H2,1H3. The van der Waals surface area contributed by atoms with E-state index >= 15 is 0 Å². The maximum Gasteiger partial charge on any atom is 0.311 e. The number of ether oxygens (including phenoxy) is 1. The number of pyridine rings is 1. The Kier molecular flexibility index (Phi) is 2.91. The molecule has 4 heteroatoms. The summed E-state index contributed by atoms with van der Waals surface area (Å²) in [5.41, 5.74) is 2.69. The van der Waals surface area contributed by atoms with E-state index in [1.807, 2.05) is 24.3 Å². The number of nitrogens with one attached hydrogen (secondary N) is 1. The molecule has 0 spiro atoms. The van der Waals surface area contributed by atoms with E-state index in [2.05, 4.69) is 16.0 Å². The predicted molar refractivity (Wildman–Crippen MR) is 73.9 cm³/mol. The Hall–Kier alpha value is -2.36. The summed E-state index contributed by atoms with van der Waals surface area (Å²) < 4.78 is 4.98. The molecule has 19 heavy (non-hydrogen) atoms. The molecule has 0 aliphatic rings. The van der Waals surface area contributed by atoms with Crippen LogP contribution in [0.15, 0.2) is 36.5 Å². The molecule has 0 atom stereocenters. The fourth-order valence-corrected chi connectivity index (χ4v) is 2.31. The first-order chi connectivity index (χ1) is 9.29. The van der Waals surface area contributed by atoms with Gasteiger partial charge in [0, 0.05) is 22.5 Å². The second kappa shape index (κ2) is 4.72. The third kappa shape index (κ3) is 2.05. The maximum atomic E-state index is 11.6. The van der Waals surface area contributed by atoms with Gasteiger partial charge in [-0.05, 0) is 19.1 Å². The molecule has 96 valence electrons. The van der Waals surface area contributed by atoms with Gasteiger partial charge in [-0.25, -0.2) is 0 Å². The van der Waals surface area contributed by atoms with Gasteiger partial charge in [0.15, 0.2) is 0 Å². The van der Waals surface area contributed by atoms with Gasteiger partial charge in [-0.3, -0.25) is 9.78 Å². The molecule has 0 amide bonds. The summed E-state index contributed by atoms with van der Waals surface area (Å²) in [6.45, 7) is 2.19. The summed E-state index contributed by atoms with van der Waals surface area (Å²) >= 11 is 0. The summed E-state index contributed by atoms with van der Waals surface area (Å²) in [6.07, 6.45) is 1.93. The second-order valence-electron chi connectivity index (χ2n) is 4.33. The minimum Gasteiger partial charge on any atom is -0.466 e. The van der Waals surface area contributed by atoms with Crippen LogP contribution in [0, 0.1) is 0 Å². The minimum atomic E-state index is -0.249. The van der Waals surface area contributed by atoms with E-state index in [-0.39, 0.29) is 12.4 Å². The first kappa shape index (κ1) is 11.7. The number of nitrogens with zero attached hydrogens (tertiary/aromatic N) is 1. The van der Waals surface area contributed by atoms with E-state index in [1.54, 1.807) is 13.1 Å². The Morgan fingerprint density at radius 1 is 1.26 bits per heavy atom. The summed E-state index contributed by atoms with van der Waals surface area (Å²) in [7, 11) is 0. The number of hydrogen-bond donors (Lipinski definition) is 1. The second-order valence-corrected chi connectivity index (χ2v) is 4.33. The van der Waals surface area contributed by atoms with Crippen molar-refractivity contribution in [1.29, 1.82) is 0 Å². The SMILES string of the molecule is CCOC(=O)Cc1nccc2c1[nH]c1ccccc12. The van der Waals surface area contributed by atoms with Crippen LogP contribution in [0.25, 0.3) is 21.8 Å². The van der Waals surface area contributed by atoms with E-state index in [9.17, 15) is 4.79 Å². The van der Waals surface area contributed by atoms with Crippen LogP contribution in [0.3, 0.4) is 0 Å². The van der Waals surface area contributed by atoms with Crippen molar-refractivity contribution in [3.05, 3.63) is 42.2 Å². The van der Waals surface area contributed by atoms with Crippen molar-refractivity contribution in [1.82, 2.24) is 9.97 Å². The number of aromatic nitrogens is 2. The van der Waals surface area contributed by atoms with E-state index in [4.69, 9.17) is 4.74 Å². The van der Waals surface area contributed by atoms with Crippen LogP contribution < -0.4 is 0 Å². The van der Waals surface area contributed by atoms with Crippen molar-refractivity contribution in [2.24, 2.45) is 0 Å². The molecule has 3 aromatic rings. The van der Waals surface area contributed by atoms with E-state index in [0.717, 1.165) is 27.5 Å². The van der Waals surface area contributed by atoms with Crippen molar-refractivity contribution in [2.75, 3.05) is 6.61 Å². The van der Waals surface area contributed by atoms with Gasteiger partial charge in [-0.2, -0.15) is 0 Å². The molecule has 1 N–H and O–H groups in total. The van der Waals surface area contributed by atoms with E-state index in [0.29, 0.717) is 6.61 Å². The van der Waals surface area contributed by atoms with E-state index in [1.165, 1.54) is 0 Å². The van der Waals surface area contributed by atoms with Gasteiger partial charge < -0.3 is 9.72 Å². The smallest absolute Gasteiger partial charge is 0.311 e. The molecule has 1 aromatic carbocycles. The molecule has 4 nitrogen and oxygen atoms in total. The van der Waals surface area contributed by atoms with Crippen LogP contribution in [-0.2, 0) is 16.0 Å². The molecule has 0 saturated heterocycles. The summed E-state index contributed by atoms with van der Waals surface area (Å²) in [4.78, 5) is 19.2. The number of fused-ring (bicyclic) bond motifs is 3. The Bertz CT molecular complexity index is 746. The average Bonchev–Trinajstić information content (AvgIpc) is 2.79. The molecule has 0 saturated carbocycles. The van der Waals surface area contributed by atoms with Crippen molar-refractivity contribution in [3.8, 4) is 0 Å². The predicted octanol–water partition coefficient (Wildman–Crippen LogP) is 2.82. The lowest BCUT2D eigenvalue weighted by Crippen LogP contribution is -2.09. The van der Waals surface area contributed by atoms with E-state index < -0.39 is 0 Å². The number of aromatic amines is 1. The molecule has 0 aliphatic heterocycles. The molecule has 3 rings (SSSR count). The van der Waals surface area contributed by atoms with Crippen LogP contribution in [0.5, 0.6) is 0 Å². The molecule has 2 heterocycles. The molecule has 0 bridgehead atoms. The first-order valence-corrected chi connectivity index (χ1v) is 6.29. The van der Waals surface area contributed by atoms with Gasteiger partial charge >= 0.3 is 5.97 Å². The number of para-hydroxylation sites is 1. The molecule has 0 radical (unpaired) electrons. The molecular formula is C15H14N2O2. The molecule has 2 aromatic heterocycles. The number of H-pyrrole nitrogens is 1. The van der Waals surface area contributed by atoms with Gasteiger partial charge in [-0.15, -0.1) is 0 Å². The highest BCUT2D eigenvalue weighted by atomic mass is 16.5. The zero-order valence-corrected chi connectivity index (χ0v) is 10.6. The van der Waals surface area contributed by atoms with Gasteiger partial charge in [0.1, 0.15) is 0 Å². The first-order valence-electron chi connectivity index (χ1n) is 6.29. The number of carbonyl (C=O) groups is 1. The number of rotatable bonds is 3. The summed E-state index contributed by atoms with van der Waals surface area (Å²) in [5.74, 6) is -0.249. The van der Waals surface area contributed by atoms with Gasteiger partial charge in [0.25, 0.3) is 0 Å². The van der Waals surface area contributed by atoms with Crippen LogP contribution >= 0.6 is 0 Å². The third-order valence-electron chi connectivity index (χ3n) is 3.12. The zero-order valence-electron chi connectivity index (χ0n) is 10.6. The topological polar surface area (TPSA) is 55.0 Å². The minimum absolute atomic E-state index is 0.192. The van der Waals surface area contributed by atoms with Gasteiger partial charge in [-0.1, -0.05) is 18.2 Å². The lowest BCUT2D eigenvalue weighted by Gasteiger charge is -2.02. The van der Waals surface area contributed by atoms with Crippen LogP contribution in [0.1, 0.15) is 12.6 Å². The highest BCUT2D eigenvalue weighted by Gasteiger charge is 2.12. The molecular weight excluding hydrogens is 240 g/mol. The number of benzene rings is 1. The quantitative estimate of drug-likeness (QED) is 0.731. The number of hydrogen-bond acceptors (Lipinski definition) is 3. The fraction of sp³-hybridized carbons (Fsp3) is 0.200. The number of esters is 1.